The summed E-state index contributed by atoms with van der Waals surface area (Å²) in [5.74, 6) is 2.85. The highest BCUT2D eigenvalue weighted by Gasteiger charge is 2.13. The highest BCUT2D eigenvalue weighted by atomic mass is 16.5. The first kappa shape index (κ1) is 16.1. The van der Waals surface area contributed by atoms with Crippen molar-refractivity contribution in [2.45, 2.75) is 0 Å². The van der Waals surface area contributed by atoms with Gasteiger partial charge in [-0.05, 0) is 36.4 Å². The van der Waals surface area contributed by atoms with Gasteiger partial charge in [0.2, 0.25) is 0 Å². The van der Waals surface area contributed by atoms with Crippen molar-refractivity contribution >= 4 is 17.2 Å². The summed E-state index contributed by atoms with van der Waals surface area (Å²) in [6, 6.07) is 21.2. The van der Waals surface area contributed by atoms with Crippen LogP contribution in [-0.2, 0) is 0 Å². The third-order valence-corrected chi connectivity index (χ3v) is 4.31. The molecule has 28 heavy (non-hydrogen) atoms. The first-order valence-corrected chi connectivity index (χ1v) is 8.83. The maximum Gasteiger partial charge on any atom is 0.181 e. The van der Waals surface area contributed by atoms with Crippen LogP contribution >= 0.6 is 0 Å². The second-order valence-corrected chi connectivity index (χ2v) is 6.13. The molecule has 0 aliphatic heterocycles. The van der Waals surface area contributed by atoms with E-state index in [0.29, 0.717) is 17.2 Å². The molecule has 0 unspecified atom stereocenters. The summed E-state index contributed by atoms with van der Waals surface area (Å²) in [4.78, 5) is 8.99. The number of furan rings is 1. The van der Waals surface area contributed by atoms with Crippen molar-refractivity contribution in [1.29, 1.82) is 0 Å². The van der Waals surface area contributed by atoms with E-state index in [1.54, 1.807) is 18.7 Å². The fourth-order valence-electron chi connectivity index (χ4n) is 3.02. The number of para-hydroxylation sites is 3. The van der Waals surface area contributed by atoms with E-state index in [1.807, 2.05) is 77.3 Å². The zero-order chi connectivity index (χ0) is 18.8. The van der Waals surface area contributed by atoms with E-state index in [9.17, 15) is 0 Å². The number of benzene rings is 2. The molecule has 0 saturated heterocycles. The minimum Gasteiger partial charge on any atom is -0.463 e. The molecule has 0 aliphatic rings. The molecule has 3 heterocycles. The van der Waals surface area contributed by atoms with Gasteiger partial charge in [-0.1, -0.05) is 30.3 Å². The van der Waals surface area contributed by atoms with Crippen LogP contribution in [0.3, 0.4) is 0 Å². The van der Waals surface area contributed by atoms with E-state index in [4.69, 9.17) is 9.15 Å². The van der Waals surface area contributed by atoms with Crippen LogP contribution in [0.4, 0.5) is 11.5 Å². The van der Waals surface area contributed by atoms with Gasteiger partial charge in [0, 0.05) is 12.4 Å². The Labute approximate surface area is 161 Å². The standard InChI is InChI=1S/C22H16N4O2/c1-2-7-16(8-3-1)28-19-10-5-4-9-17(19)25-21-22-24-15-18(20-11-6-14-27-20)26(22)13-12-23-21/h1-15H,(H,23,25). The Hall–Kier alpha value is -4.06. The Morgan fingerprint density at radius 2 is 1.75 bits per heavy atom. The van der Waals surface area contributed by atoms with Gasteiger partial charge in [-0.25, -0.2) is 9.97 Å². The van der Waals surface area contributed by atoms with Gasteiger partial charge in [-0.2, -0.15) is 0 Å². The minimum atomic E-state index is 0.629. The average molecular weight is 368 g/mol. The average Bonchev–Trinajstić information content (AvgIpc) is 3.40. The molecule has 0 fully saturated rings. The van der Waals surface area contributed by atoms with Gasteiger partial charge < -0.3 is 14.5 Å². The van der Waals surface area contributed by atoms with Crippen molar-refractivity contribution in [2.75, 3.05) is 5.32 Å². The number of ether oxygens (including phenoxy) is 1. The molecule has 0 atom stereocenters. The third-order valence-electron chi connectivity index (χ3n) is 4.31. The van der Waals surface area contributed by atoms with E-state index in [2.05, 4.69) is 15.3 Å². The van der Waals surface area contributed by atoms with Crippen LogP contribution in [0.5, 0.6) is 11.5 Å². The van der Waals surface area contributed by atoms with E-state index >= 15 is 0 Å². The number of hydrogen-bond donors (Lipinski definition) is 1. The predicted molar refractivity (Wildman–Crippen MR) is 107 cm³/mol. The molecular formula is C22H16N4O2. The molecule has 1 N–H and O–H groups in total. The van der Waals surface area contributed by atoms with E-state index < -0.39 is 0 Å². The molecule has 3 aromatic heterocycles. The fraction of sp³-hybridized carbons (Fsp3) is 0. The smallest absolute Gasteiger partial charge is 0.181 e. The molecule has 0 radical (unpaired) electrons. The summed E-state index contributed by atoms with van der Waals surface area (Å²) in [6.07, 6.45) is 7.00. The van der Waals surface area contributed by atoms with Crippen LogP contribution in [-0.4, -0.2) is 14.4 Å². The third kappa shape index (κ3) is 2.97. The number of fused-ring (bicyclic) bond motifs is 1. The number of anilines is 2. The predicted octanol–water partition coefficient (Wildman–Crippen LogP) is 5.53. The molecule has 136 valence electrons. The van der Waals surface area contributed by atoms with Crippen LogP contribution in [0.25, 0.3) is 17.1 Å². The van der Waals surface area contributed by atoms with E-state index in [-0.39, 0.29) is 0 Å². The van der Waals surface area contributed by atoms with Crippen LogP contribution in [0.1, 0.15) is 0 Å². The highest BCUT2D eigenvalue weighted by Crippen LogP contribution is 2.32. The van der Waals surface area contributed by atoms with Crippen LogP contribution in [0, 0.1) is 0 Å². The Bertz CT molecular complexity index is 1210. The van der Waals surface area contributed by atoms with Crippen molar-refractivity contribution in [2.24, 2.45) is 0 Å². The Kier molecular flexibility index (Phi) is 3.99. The monoisotopic (exact) mass is 368 g/mol. The second-order valence-electron chi connectivity index (χ2n) is 6.13. The molecule has 0 aliphatic carbocycles. The largest absolute Gasteiger partial charge is 0.463 e. The van der Waals surface area contributed by atoms with Gasteiger partial charge in [0.1, 0.15) is 11.4 Å². The maximum atomic E-state index is 6.03. The van der Waals surface area contributed by atoms with E-state index in [1.165, 1.54) is 0 Å². The first-order valence-electron chi connectivity index (χ1n) is 8.83. The van der Waals surface area contributed by atoms with Crippen molar-refractivity contribution in [1.82, 2.24) is 14.4 Å². The van der Waals surface area contributed by atoms with Gasteiger partial charge in [0.25, 0.3) is 0 Å². The second kappa shape index (κ2) is 6.92. The fourth-order valence-corrected chi connectivity index (χ4v) is 3.02. The summed E-state index contributed by atoms with van der Waals surface area (Å²) >= 11 is 0. The summed E-state index contributed by atoms with van der Waals surface area (Å²) in [5, 5.41) is 3.34. The summed E-state index contributed by atoms with van der Waals surface area (Å²) in [7, 11) is 0. The number of nitrogens with one attached hydrogen (secondary N) is 1. The Morgan fingerprint density at radius 3 is 2.61 bits per heavy atom. The van der Waals surface area contributed by atoms with Crippen molar-refractivity contribution in [3.63, 3.8) is 0 Å². The molecule has 0 amide bonds. The number of hydrogen-bond acceptors (Lipinski definition) is 5. The first-order chi connectivity index (χ1) is 13.9. The Balaban J connectivity index is 1.51. The molecule has 6 heteroatoms. The summed E-state index contributed by atoms with van der Waals surface area (Å²) in [6.45, 7) is 0. The molecule has 0 spiro atoms. The molecule has 5 aromatic rings. The number of aromatic nitrogens is 3. The van der Waals surface area contributed by atoms with Gasteiger partial charge in [0.05, 0.1) is 18.1 Å². The molecule has 0 saturated carbocycles. The SMILES string of the molecule is c1ccc(Oc2ccccc2Nc2nccn3c(-c4ccco4)cnc23)cc1. The van der Waals surface area contributed by atoms with Crippen LogP contribution in [0.15, 0.2) is 96.0 Å². The van der Waals surface area contributed by atoms with Crippen molar-refractivity contribution in [3.05, 3.63) is 91.6 Å². The number of nitrogens with zero attached hydrogens (tertiary/aromatic N) is 3. The lowest BCUT2D eigenvalue weighted by molar-refractivity contribution is 0.485. The normalized spacial score (nSPS) is 10.9. The summed E-state index contributed by atoms with van der Waals surface area (Å²) < 4.78 is 13.5. The van der Waals surface area contributed by atoms with Gasteiger partial charge in [-0.3, -0.25) is 4.40 Å². The van der Waals surface area contributed by atoms with Crippen molar-refractivity contribution in [3.8, 4) is 23.0 Å². The molecule has 0 bridgehead atoms. The molecule has 2 aromatic carbocycles. The van der Waals surface area contributed by atoms with Gasteiger partial charge >= 0.3 is 0 Å². The summed E-state index contributed by atoms with van der Waals surface area (Å²) in [5.41, 5.74) is 2.36. The van der Waals surface area contributed by atoms with Crippen molar-refractivity contribution < 1.29 is 9.15 Å². The van der Waals surface area contributed by atoms with E-state index in [0.717, 1.165) is 22.9 Å². The Morgan fingerprint density at radius 1 is 0.893 bits per heavy atom. The lowest BCUT2D eigenvalue weighted by Gasteiger charge is -2.13. The highest BCUT2D eigenvalue weighted by molar-refractivity contribution is 5.75. The molecular weight excluding hydrogens is 352 g/mol. The van der Waals surface area contributed by atoms with Crippen LogP contribution < -0.4 is 10.1 Å². The minimum absolute atomic E-state index is 0.629. The van der Waals surface area contributed by atoms with Gasteiger partial charge in [-0.15, -0.1) is 0 Å². The zero-order valence-electron chi connectivity index (χ0n) is 14.8. The number of rotatable bonds is 5. The topological polar surface area (TPSA) is 64.6 Å². The molecule has 6 nitrogen and oxygen atoms in total. The zero-order valence-corrected chi connectivity index (χ0v) is 14.8. The lowest BCUT2D eigenvalue weighted by atomic mass is 10.3. The lowest BCUT2D eigenvalue weighted by Crippen LogP contribution is -2.00. The maximum absolute atomic E-state index is 6.03. The van der Waals surface area contributed by atoms with Crippen LogP contribution in [0.2, 0.25) is 0 Å². The quantitative estimate of drug-likeness (QED) is 0.442. The number of imidazole rings is 1. The molecule has 5 rings (SSSR count). The van der Waals surface area contributed by atoms with Gasteiger partial charge in [0.15, 0.2) is 23.0 Å².